The van der Waals surface area contributed by atoms with E-state index >= 15 is 0 Å². The van der Waals surface area contributed by atoms with Gasteiger partial charge in [0.15, 0.2) is 0 Å². The van der Waals surface area contributed by atoms with Crippen molar-refractivity contribution in [1.82, 2.24) is 10.6 Å². The van der Waals surface area contributed by atoms with Crippen molar-refractivity contribution in [2.45, 2.75) is 58.9 Å². The molecule has 100 valence electrons. The summed E-state index contributed by atoms with van der Waals surface area (Å²) in [7, 11) is 0. The molecule has 0 aromatic carbocycles. The third kappa shape index (κ3) is 6.67. The number of hydrogen-bond acceptors (Lipinski definition) is 2. The molecular weight excluding hydrogens is 212 g/mol. The lowest BCUT2D eigenvalue weighted by atomic mass is 9.87. The van der Waals surface area contributed by atoms with Gasteiger partial charge in [0.05, 0.1) is 6.54 Å². The van der Waals surface area contributed by atoms with E-state index in [4.69, 9.17) is 0 Å². The Labute approximate surface area is 106 Å². The van der Waals surface area contributed by atoms with Gasteiger partial charge in [-0.05, 0) is 43.9 Å². The maximum atomic E-state index is 11.6. The Hall–Kier alpha value is -0.570. The highest BCUT2D eigenvalue weighted by molar-refractivity contribution is 5.77. The van der Waals surface area contributed by atoms with E-state index in [-0.39, 0.29) is 5.91 Å². The molecule has 0 saturated heterocycles. The molecule has 1 fully saturated rings. The molecule has 3 nitrogen and oxygen atoms in total. The summed E-state index contributed by atoms with van der Waals surface area (Å²) < 4.78 is 0. The summed E-state index contributed by atoms with van der Waals surface area (Å²) in [5.74, 6) is 1.67. The van der Waals surface area contributed by atoms with Crippen LogP contribution in [0.1, 0.15) is 52.9 Å². The van der Waals surface area contributed by atoms with Crippen LogP contribution >= 0.6 is 0 Å². The predicted octanol–water partition coefficient (Wildman–Crippen LogP) is 2.32. The van der Waals surface area contributed by atoms with E-state index in [9.17, 15) is 4.79 Å². The number of rotatable bonds is 6. The lowest BCUT2D eigenvalue weighted by Gasteiger charge is -2.26. The molecule has 0 atom stereocenters. The molecule has 0 aliphatic heterocycles. The van der Waals surface area contributed by atoms with Crippen molar-refractivity contribution in [1.29, 1.82) is 0 Å². The van der Waals surface area contributed by atoms with Crippen molar-refractivity contribution >= 4 is 5.91 Å². The third-order valence-corrected chi connectivity index (χ3v) is 3.61. The summed E-state index contributed by atoms with van der Waals surface area (Å²) in [4.78, 5) is 11.6. The fourth-order valence-corrected chi connectivity index (χ4v) is 2.26. The topological polar surface area (TPSA) is 41.1 Å². The van der Waals surface area contributed by atoms with Crippen LogP contribution in [0.5, 0.6) is 0 Å². The Morgan fingerprint density at radius 3 is 2.47 bits per heavy atom. The van der Waals surface area contributed by atoms with Crippen LogP contribution in [-0.2, 0) is 4.79 Å². The SMILES string of the molecule is CC(C)CCNC(=O)CNC1CCC(C)CC1. The number of nitrogens with one attached hydrogen (secondary N) is 2. The largest absolute Gasteiger partial charge is 0.355 e. The molecule has 0 bridgehead atoms. The highest BCUT2D eigenvalue weighted by atomic mass is 16.1. The molecule has 1 aliphatic rings. The van der Waals surface area contributed by atoms with Crippen molar-refractivity contribution in [2.24, 2.45) is 11.8 Å². The second kappa shape index (κ2) is 7.70. The quantitative estimate of drug-likeness (QED) is 0.748. The smallest absolute Gasteiger partial charge is 0.233 e. The molecule has 0 spiro atoms. The number of amides is 1. The lowest BCUT2D eigenvalue weighted by molar-refractivity contribution is -0.120. The van der Waals surface area contributed by atoms with E-state index in [2.05, 4.69) is 31.4 Å². The van der Waals surface area contributed by atoms with Gasteiger partial charge in [-0.25, -0.2) is 0 Å². The van der Waals surface area contributed by atoms with Crippen LogP contribution in [0.15, 0.2) is 0 Å². The Balaban J connectivity index is 2.03. The molecule has 1 saturated carbocycles. The average Bonchev–Trinajstić information content (AvgIpc) is 2.28. The van der Waals surface area contributed by atoms with Crippen LogP contribution in [0.25, 0.3) is 0 Å². The van der Waals surface area contributed by atoms with Crippen LogP contribution in [0.2, 0.25) is 0 Å². The summed E-state index contributed by atoms with van der Waals surface area (Å²) in [5, 5.41) is 6.33. The summed E-state index contributed by atoms with van der Waals surface area (Å²) in [6.45, 7) is 7.95. The van der Waals surface area contributed by atoms with E-state index in [1.807, 2.05) is 0 Å². The van der Waals surface area contributed by atoms with Gasteiger partial charge in [0.25, 0.3) is 0 Å². The minimum absolute atomic E-state index is 0.143. The molecule has 0 heterocycles. The van der Waals surface area contributed by atoms with E-state index in [0.717, 1.165) is 18.9 Å². The molecule has 3 heteroatoms. The van der Waals surface area contributed by atoms with Gasteiger partial charge >= 0.3 is 0 Å². The van der Waals surface area contributed by atoms with Gasteiger partial charge in [-0.3, -0.25) is 4.79 Å². The number of carbonyl (C=O) groups excluding carboxylic acids is 1. The van der Waals surface area contributed by atoms with Crippen molar-refractivity contribution in [3.05, 3.63) is 0 Å². The standard InChI is InChI=1S/C14H28N2O/c1-11(2)8-9-15-14(17)10-16-13-6-4-12(3)5-7-13/h11-13,16H,4-10H2,1-3H3,(H,15,17). The molecule has 0 aromatic rings. The van der Waals surface area contributed by atoms with Crippen LogP contribution in [0.4, 0.5) is 0 Å². The molecule has 0 unspecified atom stereocenters. The molecule has 17 heavy (non-hydrogen) atoms. The Kier molecular flexibility index (Phi) is 6.56. The van der Waals surface area contributed by atoms with Crippen molar-refractivity contribution in [3.63, 3.8) is 0 Å². The maximum absolute atomic E-state index is 11.6. The highest BCUT2D eigenvalue weighted by Gasteiger charge is 2.18. The minimum atomic E-state index is 0.143. The second-order valence-corrected chi connectivity index (χ2v) is 5.87. The van der Waals surface area contributed by atoms with Gasteiger partial charge in [0.1, 0.15) is 0 Å². The predicted molar refractivity (Wildman–Crippen MR) is 71.9 cm³/mol. The van der Waals surface area contributed by atoms with Gasteiger partial charge in [0.2, 0.25) is 5.91 Å². The minimum Gasteiger partial charge on any atom is -0.355 e. The van der Waals surface area contributed by atoms with Crippen LogP contribution in [0, 0.1) is 11.8 Å². The molecule has 1 rings (SSSR count). The molecule has 0 radical (unpaired) electrons. The first-order chi connectivity index (χ1) is 8.08. The van der Waals surface area contributed by atoms with Gasteiger partial charge in [0, 0.05) is 12.6 Å². The van der Waals surface area contributed by atoms with Crippen LogP contribution < -0.4 is 10.6 Å². The zero-order valence-electron chi connectivity index (χ0n) is 11.6. The Morgan fingerprint density at radius 2 is 1.88 bits per heavy atom. The monoisotopic (exact) mass is 240 g/mol. The average molecular weight is 240 g/mol. The first-order valence-corrected chi connectivity index (χ1v) is 7.08. The number of hydrogen-bond donors (Lipinski definition) is 2. The third-order valence-electron chi connectivity index (χ3n) is 3.61. The van der Waals surface area contributed by atoms with Gasteiger partial charge < -0.3 is 10.6 Å². The summed E-state index contributed by atoms with van der Waals surface area (Å²) >= 11 is 0. The normalized spacial score (nSPS) is 24.9. The Morgan fingerprint density at radius 1 is 1.24 bits per heavy atom. The van der Waals surface area contributed by atoms with Gasteiger partial charge in [-0.2, -0.15) is 0 Å². The molecule has 1 amide bonds. The Bertz CT molecular complexity index is 220. The van der Waals surface area contributed by atoms with E-state index in [1.165, 1.54) is 25.7 Å². The first kappa shape index (κ1) is 14.5. The fourth-order valence-electron chi connectivity index (χ4n) is 2.26. The van der Waals surface area contributed by atoms with Crippen molar-refractivity contribution in [3.8, 4) is 0 Å². The summed E-state index contributed by atoms with van der Waals surface area (Å²) in [5.41, 5.74) is 0. The van der Waals surface area contributed by atoms with Gasteiger partial charge in [-0.1, -0.05) is 20.8 Å². The van der Waals surface area contributed by atoms with Crippen molar-refractivity contribution < 1.29 is 4.79 Å². The first-order valence-electron chi connectivity index (χ1n) is 7.08. The van der Waals surface area contributed by atoms with Crippen LogP contribution in [-0.4, -0.2) is 25.0 Å². The number of carbonyl (C=O) groups is 1. The lowest BCUT2D eigenvalue weighted by Crippen LogP contribution is -2.41. The summed E-state index contributed by atoms with van der Waals surface area (Å²) in [6.07, 6.45) is 6.10. The van der Waals surface area contributed by atoms with E-state index < -0.39 is 0 Å². The zero-order valence-corrected chi connectivity index (χ0v) is 11.6. The maximum Gasteiger partial charge on any atom is 0.233 e. The molecular formula is C14H28N2O. The van der Waals surface area contributed by atoms with Crippen molar-refractivity contribution in [2.75, 3.05) is 13.1 Å². The van der Waals surface area contributed by atoms with E-state index in [0.29, 0.717) is 18.5 Å². The molecule has 1 aliphatic carbocycles. The van der Waals surface area contributed by atoms with E-state index in [1.54, 1.807) is 0 Å². The molecule has 0 aromatic heterocycles. The highest BCUT2D eigenvalue weighted by Crippen LogP contribution is 2.23. The second-order valence-electron chi connectivity index (χ2n) is 5.87. The molecule has 2 N–H and O–H groups in total. The fraction of sp³-hybridized carbons (Fsp3) is 0.929. The van der Waals surface area contributed by atoms with Gasteiger partial charge in [-0.15, -0.1) is 0 Å². The zero-order chi connectivity index (χ0) is 12.7. The van der Waals surface area contributed by atoms with Crippen LogP contribution in [0.3, 0.4) is 0 Å². The summed E-state index contributed by atoms with van der Waals surface area (Å²) in [6, 6.07) is 0.557.